The topological polar surface area (TPSA) is 75.3 Å². The van der Waals surface area contributed by atoms with Crippen LogP contribution in [0.15, 0.2) is 30.3 Å². The quantitative estimate of drug-likeness (QED) is 0.788. The Balaban J connectivity index is 1.75. The van der Waals surface area contributed by atoms with E-state index in [-0.39, 0.29) is 0 Å². The molecule has 4 amide bonds. The first kappa shape index (κ1) is 16.7. The Morgan fingerprint density at radius 2 is 1.54 bits per heavy atom. The molecule has 128 valence electrons. The first-order valence-electron chi connectivity index (χ1n) is 8.81. The van der Waals surface area contributed by atoms with E-state index in [1.807, 2.05) is 30.3 Å². The summed E-state index contributed by atoms with van der Waals surface area (Å²) in [5.74, 6) is -0.285. The van der Waals surface area contributed by atoms with Gasteiger partial charge < -0.3 is 0 Å². The van der Waals surface area contributed by atoms with Gasteiger partial charge in [-0.25, -0.2) is 4.79 Å². The molecular formula is C19H24N2O3. The van der Waals surface area contributed by atoms with Gasteiger partial charge >= 0.3 is 6.03 Å². The molecule has 1 saturated heterocycles. The van der Waals surface area contributed by atoms with Gasteiger partial charge in [0.15, 0.2) is 0 Å². The van der Waals surface area contributed by atoms with E-state index < -0.39 is 23.3 Å². The molecule has 0 aromatic heterocycles. The van der Waals surface area contributed by atoms with Gasteiger partial charge in [-0.1, -0.05) is 56.0 Å². The number of carbonyl (C=O) groups is 3. The Morgan fingerprint density at radius 3 is 2.17 bits per heavy atom. The molecule has 1 aliphatic heterocycles. The van der Waals surface area contributed by atoms with Crippen LogP contribution in [0.3, 0.4) is 0 Å². The number of carbonyl (C=O) groups excluding carboxylic acids is 3. The van der Waals surface area contributed by atoms with Crippen LogP contribution in [0.5, 0.6) is 0 Å². The number of nitrogens with one attached hydrogen (secondary N) is 2. The van der Waals surface area contributed by atoms with E-state index >= 15 is 0 Å². The lowest BCUT2D eigenvalue weighted by Crippen LogP contribution is -2.62. The summed E-state index contributed by atoms with van der Waals surface area (Å²) in [6, 6.07) is 9.12. The molecule has 0 spiro atoms. The van der Waals surface area contributed by atoms with Crippen LogP contribution in [0, 0.1) is 11.3 Å². The van der Waals surface area contributed by atoms with E-state index in [4.69, 9.17) is 0 Å². The first-order valence-corrected chi connectivity index (χ1v) is 8.81. The van der Waals surface area contributed by atoms with E-state index in [0.717, 1.165) is 12.0 Å². The first-order chi connectivity index (χ1) is 11.6. The van der Waals surface area contributed by atoms with E-state index in [2.05, 4.69) is 10.6 Å². The fourth-order valence-electron chi connectivity index (χ4n) is 3.91. The second-order valence-corrected chi connectivity index (χ2v) is 6.99. The number of barbiturate groups is 1. The van der Waals surface area contributed by atoms with Crippen molar-refractivity contribution >= 4 is 17.8 Å². The van der Waals surface area contributed by atoms with Gasteiger partial charge in [-0.2, -0.15) is 0 Å². The SMILES string of the molecule is O=C1NC(=O)C(CCc2ccccc2)(CCC2CCCC2)C(=O)N1. The lowest BCUT2D eigenvalue weighted by atomic mass is 9.74. The third-order valence-electron chi connectivity index (χ3n) is 5.46. The number of urea groups is 1. The maximum atomic E-state index is 12.6. The molecule has 1 aromatic rings. The van der Waals surface area contributed by atoms with Gasteiger partial charge in [0.1, 0.15) is 5.41 Å². The highest BCUT2D eigenvalue weighted by molar-refractivity contribution is 6.19. The van der Waals surface area contributed by atoms with E-state index in [0.29, 0.717) is 25.2 Å². The number of rotatable bonds is 6. The zero-order valence-corrected chi connectivity index (χ0v) is 13.8. The molecule has 1 aliphatic carbocycles. The highest BCUT2D eigenvalue weighted by atomic mass is 16.2. The fraction of sp³-hybridized carbons (Fsp3) is 0.526. The van der Waals surface area contributed by atoms with Crippen molar-refractivity contribution in [1.82, 2.24) is 10.6 Å². The molecule has 24 heavy (non-hydrogen) atoms. The highest BCUT2D eigenvalue weighted by Gasteiger charge is 2.49. The van der Waals surface area contributed by atoms with Crippen molar-refractivity contribution in [2.75, 3.05) is 0 Å². The summed E-state index contributed by atoms with van der Waals surface area (Å²) >= 11 is 0. The van der Waals surface area contributed by atoms with Gasteiger partial charge in [0.2, 0.25) is 11.8 Å². The van der Waals surface area contributed by atoms with Crippen molar-refractivity contribution in [2.24, 2.45) is 11.3 Å². The molecule has 0 bridgehead atoms. The molecule has 1 aromatic carbocycles. The molecule has 1 heterocycles. The van der Waals surface area contributed by atoms with Gasteiger partial charge in [0, 0.05) is 0 Å². The van der Waals surface area contributed by atoms with Crippen molar-refractivity contribution in [3.8, 4) is 0 Å². The van der Waals surface area contributed by atoms with Crippen LogP contribution < -0.4 is 10.6 Å². The van der Waals surface area contributed by atoms with Crippen molar-refractivity contribution in [2.45, 2.75) is 51.4 Å². The molecule has 3 rings (SSSR count). The monoisotopic (exact) mass is 328 g/mol. The molecule has 5 nitrogen and oxygen atoms in total. The van der Waals surface area contributed by atoms with Crippen molar-refractivity contribution in [3.63, 3.8) is 0 Å². The third-order valence-corrected chi connectivity index (χ3v) is 5.46. The average Bonchev–Trinajstić information content (AvgIpc) is 3.08. The van der Waals surface area contributed by atoms with Gasteiger partial charge in [0.25, 0.3) is 0 Å². The van der Waals surface area contributed by atoms with Crippen LogP contribution in [0.25, 0.3) is 0 Å². The Morgan fingerprint density at radius 1 is 0.917 bits per heavy atom. The summed E-state index contributed by atoms with van der Waals surface area (Å²) in [4.78, 5) is 36.6. The summed E-state index contributed by atoms with van der Waals surface area (Å²) in [5, 5.41) is 4.60. The van der Waals surface area contributed by atoms with Crippen LogP contribution in [-0.2, 0) is 16.0 Å². The summed E-state index contributed by atoms with van der Waals surface area (Å²) in [6.45, 7) is 0. The maximum Gasteiger partial charge on any atom is 0.328 e. The maximum absolute atomic E-state index is 12.6. The van der Waals surface area contributed by atoms with Crippen LogP contribution >= 0.6 is 0 Å². The summed E-state index contributed by atoms with van der Waals surface area (Å²) in [6.07, 6.45) is 7.26. The Kier molecular flexibility index (Phi) is 4.97. The number of benzene rings is 1. The normalized spacial score (nSPS) is 20.8. The fourth-order valence-corrected chi connectivity index (χ4v) is 3.91. The van der Waals surface area contributed by atoms with Crippen molar-refractivity contribution in [3.05, 3.63) is 35.9 Å². The Hall–Kier alpha value is -2.17. The summed E-state index contributed by atoms with van der Waals surface area (Å²) in [7, 11) is 0. The summed E-state index contributed by atoms with van der Waals surface area (Å²) in [5.41, 5.74) is -0.0398. The van der Waals surface area contributed by atoms with Crippen LogP contribution in [0.1, 0.15) is 50.5 Å². The predicted molar refractivity (Wildman–Crippen MR) is 90.1 cm³/mol. The largest absolute Gasteiger partial charge is 0.328 e. The minimum atomic E-state index is -1.13. The molecule has 1 saturated carbocycles. The van der Waals surface area contributed by atoms with Crippen molar-refractivity contribution < 1.29 is 14.4 Å². The number of amides is 4. The molecule has 2 fully saturated rings. The number of hydrogen-bond donors (Lipinski definition) is 2. The highest BCUT2D eigenvalue weighted by Crippen LogP contribution is 2.37. The van der Waals surface area contributed by atoms with Gasteiger partial charge in [-0.15, -0.1) is 0 Å². The third kappa shape index (κ3) is 3.50. The van der Waals surface area contributed by atoms with Gasteiger partial charge in [-0.05, 0) is 37.2 Å². The van der Waals surface area contributed by atoms with Crippen LogP contribution in [-0.4, -0.2) is 17.8 Å². The molecule has 0 atom stereocenters. The zero-order chi connectivity index (χ0) is 17.0. The lowest BCUT2D eigenvalue weighted by Gasteiger charge is -2.34. The minimum absolute atomic E-state index is 0.425. The van der Waals surface area contributed by atoms with Crippen molar-refractivity contribution in [1.29, 1.82) is 0 Å². The Bertz CT molecular complexity index is 601. The second kappa shape index (κ2) is 7.16. The molecule has 0 unspecified atom stereocenters. The zero-order valence-electron chi connectivity index (χ0n) is 13.8. The van der Waals surface area contributed by atoms with Gasteiger partial charge in [0.05, 0.1) is 0 Å². The van der Waals surface area contributed by atoms with Crippen LogP contribution in [0.4, 0.5) is 4.79 Å². The molecule has 2 N–H and O–H groups in total. The second-order valence-electron chi connectivity index (χ2n) is 6.99. The Labute approximate surface area is 142 Å². The minimum Gasteiger partial charge on any atom is -0.277 e. The number of imide groups is 2. The predicted octanol–water partition coefficient (Wildman–Crippen LogP) is 2.94. The van der Waals surface area contributed by atoms with E-state index in [9.17, 15) is 14.4 Å². The van der Waals surface area contributed by atoms with Gasteiger partial charge in [-0.3, -0.25) is 20.2 Å². The number of aryl methyl sites for hydroxylation is 1. The molecule has 2 aliphatic rings. The van der Waals surface area contributed by atoms with E-state index in [1.54, 1.807) is 0 Å². The summed E-state index contributed by atoms with van der Waals surface area (Å²) < 4.78 is 0. The lowest BCUT2D eigenvalue weighted by molar-refractivity contribution is -0.145. The van der Waals surface area contributed by atoms with Crippen LogP contribution in [0.2, 0.25) is 0 Å². The molecule has 5 heteroatoms. The van der Waals surface area contributed by atoms with E-state index in [1.165, 1.54) is 25.7 Å². The molecular weight excluding hydrogens is 304 g/mol. The molecule has 0 radical (unpaired) electrons. The standard InChI is InChI=1S/C19H24N2O3/c22-16-19(17(23)21-18(24)20-16,13-11-15-8-4-5-9-15)12-10-14-6-2-1-3-7-14/h1-3,6-7,15H,4-5,8-13H2,(H2,20,21,22,23,24). The smallest absolute Gasteiger partial charge is 0.277 e. The average molecular weight is 328 g/mol. The number of hydrogen-bond acceptors (Lipinski definition) is 3.